The number of rotatable bonds is 8. The number of nitrogens with zero attached hydrogens (tertiary/aromatic N) is 1. The van der Waals surface area contributed by atoms with Crippen molar-refractivity contribution in [2.75, 3.05) is 18.5 Å². The minimum Gasteiger partial charge on any atom is -0.463 e. The van der Waals surface area contributed by atoms with Gasteiger partial charge in [0.1, 0.15) is 24.9 Å². The Kier molecular flexibility index (Phi) is 12.5. The van der Waals surface area contributed by atoms with E-state index in [1.54, 1.807) is 18.3 Å². The fourth-order valence-corrected chi connectivity index (χ4v) is 3.08. The third-order valence-electron chi connectivity index (χ3n) is 4.29. The summed E-state index contributed by atoms with van der Waals surface area (Å²) in [5.41, 5.74) is -5.29. The molecule has 18 heteroatoms. The van der Waals surface area contributed by atoms with Crippen LogP contribution in [-0.4, -0.2) is 79.2 Å². The molecule has 0 aromatic carbocycles. The summed E-state index contributed by atoms with van der Waals surface area (Å²) in [6.07, 6.45) is -0.817. The van der Waals surface area contributed by atoms with Crippen molar-refractivity contribution in [2.24, 2.45) is 0 Å². The average molecular weight is 639 g/mol. The Balaban J connectivity index is 0.000000781. The summed E-state index contributed by atoms with van der Waals surface area (Å²) in [4.78, 5) is 46.7. The number of pyridine rings is 1. The highest BCUT2D eigenvalue weighted by atomic mass is 79.9. The summed E-state index contributed by atoms with van der Waals surface area (Å²) < 4.78 is 85.7. The van der Waals surface area contributed by atoms with E-state index in [1.165, 1.54) is 31.5 Å². The van der Waals surface area contributed by atoms with Crippen molar-refractivity contribution in [1.29, 1.82) is 0 Å². The van der Waals surface area contributed by atoms with Gasteiger partial charge in [0.25, 0.3) is 0 Å². The first-order valence-corrected chi connectivity index (χ1v) is 12.9. The highest BCUT2D eigenvalue weighted by Crippen LogP contribution is 2.31. The second-order valence-corrected chi connectivity index (χ2v) is 9.51. The van der Waals surface area contributed by atoms with Gasteiger partial charge in [-0.1, -0.05) is 15.9 Å². The molecule has 0 saturated carbocycles. The summed E-state index contributed by atoms with van der Waals surface area (Å²) in [6.45, 7) is 3.63. The molecule has 2 heterocycles. The molecular formula is C20H24BrF3NO12S+. The van der Waals surface area contributed by atoms with Crippen LogP contribution in [0.1, 0.15) is 37.4 Å². The van der Waals surface area contributed by atoms with Gasteiger partial charge in [-0.25, -0.2) is 4.79 Å². The van der Waals surface area contributed by atoms with Gasteiger partial charge in [0.2, 0.25) is 6.10 Å². The number of alkyl halides is 4. The molecule has 13 nitrogen and oxygen atoms in total. The van der Waals surface area contributed by atoms with E-state index in [0.29, 0.717) is 5.33 Å². The molecular weight excluding hydrogens is 615 g/mol. The second-order valence-electron chi connectivity index (χ2n) is 7.30. The van der Waals surface area contributed by atoms with Crippen LogP contribution in [-0.2, 0) is 48.2 Å². The van der Waals surface area contributed by atoms with E-state index >= 15 is 0 Å². The lowest BCUT2D eigenvalue weighted by atomic mass is 10.1. The van der Waals surface area contributed by atoms with Crippen molar-refractivity contribution < 1.29 is 73.6 Å². The van der Waals surface area contributed by atoms with Gasteiger partial charge in [-0.15, -0.1) is 0 Å². The van der Waals surface area contributed by atoms with Crippen LogP contribution < -0.4 is 4.57 Å². The van der Waals surface area contributed by atoms with E-state index in [2.05, 4.69) is 15.9 Å². The number of carbonyl (C=O) groups is 4. The molecule has 1 N–H and O–H groups in total. The standard InChI is InChI=1S/C19H23BrNO9.CHF3O3S/c1-11(22)27-10-15-16(28-12(2)23)17(29-13(3)24)18(30-15)21-7-4-5-14(9-21)19(25)26-8-6-20;2-1(3,4)8(5,6)7/h4-5,7,9,15-18H,6,8,10H2,1-3H3;(H,5,6,7)/q+1;/t15-,16-,17-,18-;/m1./s1. The maximum atomic E-state index is 12.2. The summed E-state index contributed by atoms with van der Waals surface area (Å²) in [6, 6.07) is 3.15. The Morgan fingerprint density at radius 3 is 2.08 bits per heavy atom. The van der Waals surface area contributed by atoms with Crippen LogP contribution in [0.5, 0.6) is 0 Å². The SMILES string of the molecule is CC(=O)OC[C@H]1O[C@@H]([n+]2cccc(C(=O)OCCBr)c2)[C@H](OC(C)=O)[C@@H]1OC(C)=O.O=S(=O)(O)C(F)(F)F. The highest BCUT2D eigenvalue weighted by molar-refractivity contribution is 9.09. The van der Waals surface area contributed by atoms with Gasteiger partial charge in [-0.2, -0.15) is 26.2 Å². The number of ether oxygens (including phenoxy) is 5. The Bertz CT molecular complexity index is 1110. The van der Waals surface area contributed by atoms with Gasteiger partial charge in [0.05, 0.1) is 0 Å². The Morgan fingerprint density at radius 2 is 1.61 bits per heavy atom. The van der Waals surface area contributed by atoms with Gasteiger partial charge in [0, 0.05) is 32.2 Å². The van der Waals surface area contributed by atoms with E-state index in [4.69, 9.17) is 36.7 Å². The summed E-state index contributed by atoms with van der Waals surface area (Å²) >= 11 is 3.18. The number of hydrogen-bond donors (Lipinski definition) is 1. The molecule has 214 valence electrons. The second kappa shape index (κ2) is 14.4. The third-order valence-corrected chi connectivity index (χ3v) is 5.20. The quantitative estimate of drug-likeness (QED) is 0.108. The Hall–Kier alpha value is -2.83. The Morgan fingerprint density at radius 1 is 1.05 bits per heavy atom. The predicted molar refractivity (Wildman–Crippen MR) is 120 cm³/mol. The van der Waals surface area contributed by atoms with Gasteiger partial charge < -0.3 is 23.7 Å². The smallest absolute Gasteiger partial charge is 0.463 e. The molecule has 1 fully saturated rings. The zero-order chi connectivity index (χ0) is 29.3. The zero-order valence-corrected chi connectivity index (χ0v) is 22.4. The van der Waals surface area contributed by atoms with Crippen molar-refractivity contribution in [1.82, 2.24) is 0 Å². The fourth-order valence-electron chi connectivity index (χ4n) is 2.92. The first-order valence-electron chi connectivity index (χ1n) is 10.4. The number of esters is 4. The van der Waals surface area contributed by atoms with Crippen LogP contribution in [0.4, 0.5) is 13.2 Å². The lowest BCUT2D eigenvalue weighted by Gasteiger charge is -2.21. The van der Waals surface area contributed by atoms with Gasteiger partial charge in [-0.3, -0.25) is 18.9 Å². The minimum atomic E-state index is -5.84. The molecule has 0 aliphatic carbocycles. The lowest BCUT2D eigenvalue weighted by molar-refractivity contribution is -0.765. The van der Waals surface area contributed by atoms with Crippen LogP contribution in [0.25, 0.3) is 0 Å². The first-order chi connectivity index (χ1) is 17.5. The predicted octanol–water partition coefficient (Wildman–Crippen LogP) is 1.24. The average Bonchev–Trinajstić information content (AvgIpc) is 3.11. The largest absolute Gasteiger partial charge is 0.522 e. The normalized spacial score (nSPS) is 20.9. The van der Waals surface area contributed by atoms with E-state index in [-0.39, 0.29) is 18.8 Å². The van der Waals surface area contributed by atoms with E-state index in [9.17, 15) is 32.3 Å². The van der Waals surface area contributed by atoms with Crippen LogP contribution >= 0.6 is 15.9 Å². The number of carbonyl (C=O) groups excluding carboxylic acids is 4. The molecule has 1 aliphatic rings. The monoisotopic (exact) mass is 638 g/mol. The van der Waals surface area contributed by atoms with Crippen LogP contribution in [0, 0.1) is 0 Å². The molecule has 1 aromatic rings. The molecule has 0 bridgehead atoms. The topological polar surface area (TPSA) is 173 Å². The molecule has 2 rings (SSSR count). The molecule has 1 aliphatic heterocycles. The van der Waals surface area contributed by atoms with Crippen molar-refractivity contribution in [2.45, 2.75) is 50.8 Å². The Labute approximate surface area is 223 Å². The highest BCUT2D eigenvalue weighted by Gasteiger charge is 2.54. The maximum absolute atomic E-state index is 12.2. The molecule has 1 aromatic heterocycles. The summed E-state index contributed by atoms with van der Waals surface area (Å²) in [5, 5.41) is 0.494. The van der Waals surface area contributed by atoms with Crippen LogP contribution in [0.2, 0.25) is 0 Å². The minimum absolute atomic E-state index is 0.197. The molecule has 0 amide bonds. The molecule has 0 radical (unpaired) electrons. The van der Waals surface area contributed by atoms with Gasteiger partial charge >= 0.3 is 45.7 Å². The lowest BCUT2D eigenvalue weighted by Crippen LogP contribution is -2.48. The fraction of sp³-hybridized carbons (Fsp3) is 0.550. The summed E-state index contributed by atoms with van der Waals surface area (Å²) in [7, 11) is -5.84. The summed E-state index contributed by atoms with van der Waals surface area (Å²) in [5.74, 6) is -2.32. The number of aromatic nitrogens is 1. The van der Waals surface area contributed by atoms with Crippen molar-refractivity contribution in [3.8, 4) is 0 Å². The van der Waals surface area contributed by atoms with Crippen LogP contribution in [0.15, 0.2) is 24.5 Å². The van der Waals surface area contributed by atoms with Crippen LogP contribution in [0.3, 0.4) is 0 Å². The van der Waals surface area contributed by atoms with Crippen molar-refractivity contribution in [3.63, 3.8) is 0 Å². The first kappa shape index (κ1) is 33.2. The molecule has 0 unspecified atom stereocenters. The van der Waals surface area contributed by atoms with E-state index in [1.807, 2.05) is 0 Å². The van der Waals surface area contributed by atoms with E-state index in [0.717, 1.165) is 0 Å². The van der Waals surface area contributed by atoms with Gasteiger partial charge in [0.15, 0.2) is 18.5 Å². The zero-order valence-electron chi connectivity index (χ0n) is 20.0. The molecule has 4 atom stereocenters. The van der Waals surface area contributed by atoms with Gasteiger partial charge in [-0.05, 0) is 6.07 Å². The molecule has 38 heavy (non-hydrogen) atoms. The van der Waals surface area contributed by atoms with Crippen molar-refractivity contribution in [3.05, 3.63) is 30.1 Å². The molecule has 1 saturated heterocycles. The number of halogens is 4. The number of hydrogen-bond acceptors (Lipinski definition) is 11. The molecule has 0 spiro atoms. The van der Waals surface area contributed by atoms with E-state index < -0.39 is 64.0 Å². The third kappa shape index (κ3) is 10.5. The van der Waals surface area contributed by atoms with Crippen molar-refractivity contribution >= 4 is 49.9 Å². The maximum Gasteiger partial charge on any atom is 0.522 e.